The van der Waals surface area contributed by atoms with Gasteiger partial charge in [-0.15, -0.1) is 0 Å². The molecular weight excluding hydrogens is 298 g/mol. The van der Waals surface area contributed by atoms with Gasteiger partial charge in [-0.1, -0.05) is 35.9 Å². The zero-order chi connectivity index (χ0) is 16.2. The van der Waals surface area contributed by atoms with E-state index in [2.05, 4.69) is 12.2 Å². The number of hydrogen-bond acceptors (Lipinski definition) is 2. The van der Waals surface area contributed by atoms with Crippen LogP contribution in [0.3, 0.4) is 0 Å². The van der Waals surface area contributed by atoms with Crippen LogP contribution in [0, 0.1) is 5.92 Å². The van der Waals surface area contributed by atoms with Gasteiger partial charge in [0.1, 0.15) is 5.60 Å². The Morgan fingerprint density at radius 3 is 2.36 bits per heavy atom. The van der Waals surface area contributed by atoms with E-state index in [-0.39, 0.29) is 6.09 Å². The summed E-state index contributed by atoms with van der Waals surface area (Å²) in [4.78, 5) is 13.8. The molecule has 0 unspecified atom stereocenters. The number of hydrogen-bond donors (Lipinski definition) is 0. The molecule has 0 bridgehead atoms. The molecule has 0 saturated carbocycles. The van der Waals surface area contributed by atoms with Crippen LogP contribution in [-0.4, -0.2) is 29.7 Å². The van der Waals surface area contributed by atoms with Gasteiger partial charge in [-0.25, -0.2) is 4.79 Å². The molecule has 1 aliphatic heterocycles. The highest BCUT2D eigenvalue weighted by Gasteiger charge is 2.25. The highest BCUT2D eigenvalue weighted by molar-refractivity contribution is 6.30. The molecule has 0 radical (unpaired) electrons. The molecule has 0 aromatic heterocycles. The van der Waals surface area contributed by atoms with E-state index >= 15 is 0 Å². The Morgan fingerprint density at radius 1 is 1.23 bits per heavy atom. The normalized spacial score (nSPS) is 17.0. The summed E-state index contributed by atoms with van der Waals surface area (Å²) in [7, 11) is 0. The molecule has 1 aliphatic rings. The molecule has 0 aliphatic carbocycles. The van der Waals surface area contributed by atoms with Crippen molar-refractivity contribution < 1.29 is 9.53 Å². The van der Waals surface area contributed by atoms with E-state index in [1.54, 1.807) is 4.90 Å². The van der Waals surface area contributed by atoms with Crippen LogP contribution in [0.2, 0.25) is 5.02 Å². The third-order valence-electron chi connectivity index (χ3n) is 3.62. The smallest absolute Gasteiger partial charge is 0.410 e. The summed E-state index contributed by atoms with van der Waals surface area (Å²) in [5.41, 5.74) is 0.724. The van der Waals surface area contributed by atoms with Gasteiger partial charge < -0.3 is 9.64 Å². The van der Waals surface area contributed by atoms with E-state index < -0.39 is 5.60 Å². The number of benzene rings is 1. The Labute approximate surface area is 137 Å². The Kier molecular flexibility index (Phi) is 5.52. The average Bonchev–Trinajstić information content (AvgIpc) is 2.45. The van der Waals surface area contributed by atoms with Crippen LogP contribution in [0.25, 0.3) is 6.08 Å². The summed E-state index contributed by atoms with van der Waals surface area (Å²) in [6, 6.07) is 7.81. The van der Waals surface area contributed by atoms with Gasteiger partial charge in [0.05, 0.1) is 0 Å². The summed E-state index contributed by atoms with van der Waals surface area (Å²) in [5.74, 6) is 0.509. The summed E-state index contributed by atoms with van der Waals surface area (Å²) < 4.78 is 5.41. The van der Waals surface area contributed by atoms with Crippen molar-refractivity contribution in [2.45, 2.75) is 39.2 Å². The SMILES string of the molecule is CC(C)(C)OC(=O)N1CCC(/C=C\c2ccc(Cl)cc2)CC1. The lowest BCUT2D eigenvalue weighted by Crippen LogP contribution is -2.41. The Morgan fingerprint density at radius 2 is 1.82 bits per heavy atom. The highest BCUT2D eigenvalue weighted by Crippen LogP contribution is 2.22. The molecule has 1 saturated heterocycles. The minimum Gasteiger partial charge on any atom is -0.444 e. The van der Waals surface area contributed by atoms with Crippen LogP contribution in [-0.2, 0) is 4.74 Å². The maximum absolute atomic E-state index is 12.0. The lowest BCUT2D eigenvalue weighted by atomic mass is 9.96. The van der Waals surface area contributed by atoms with Gasteiger partial charge in [-0.05, 0) is 57.2 Å². The minimum atomic E-state index is -0.428. The third-order valence-corrected chi connectivity index (χ3v) is 3.87. The Hall–Kier alpha value is -1.48. The van der Waals surface area contributed by atoms with Crippen molar-refractivity contribution in [2.75, 3.05) is 13.1 Å². The van der Waals surface area contributed by atoms with Gasteiger partial charge in [-0.2, -0.15) is 0 Å². The molecule has 2 rings (SSSR count). The summed E-state index contributed by atoms with van der Waals surface area (Å²) in [5, 5.41) is 0.753. The molecule has 0 spiro atoms. The molecule has 0 atom stereocenters. The van der Waals surface area contributed by atoms with E-state index in [4.69, 9.17) is 16.3 Å². The second-order valence-corrected chi connectivity index (χ2v) is 7.15. The molecule has 22 heavy (non-hydrogen) atoms. The predicted molar refractivity (Wildman–Crippen MR) is 91.0 cm³/mol. The quantitative estimate of drug-likeness (QED) is 0.767. The lowest BCUT2D eigenvalue weighted by molar-refractivity contribution is 0.0197. The fraction of sp³-hybridized carbons (Fsp3) is 0.500. The number of halogens is 1. The Bertz CT molecular complexity index is 523. The number of ether oxygens (including phenoxy) is 1. The van der Waals surface area contributed by atoms with Crippen LogP contribution in [0.1, 0.15) is 39.2 Å². The van der Waals surface area contributed by atoms with Crippen molar-refractivity contribution in [1.82, 2.24) is 4.90 Å². The summed E-state index contributed by atoms with van der Waals surface area (Å²) in [6.45, 7) is 7.20. The van der Waals surface area contributed by atoms with Crippen molar-refractivity contribution in [2.24, 2.45) is 5.92 Å². The van der Waals surface area contributed by atoms with E-state index in [0.717, 1.165) is 36.5 Å². The van der Waals surface area contributed by atoms with E-state index in [0.29, 0.717) is 5.92 Å². The number of carbonyl (C=O) groups is 1. The van der Waals surface area contributed by atoms with Crippen molar-refractivity contribution in [1.29, 1.82) is 0 Å². The third kappa shape index (κ3) is 5.38. The first-order valence-corrected chi connectivity index (χ1v) is 8.13. The standard InChI is InChI=1S/C18H24ClNO2/c1-18(2,3)22-17(21)20-12-10-15(11-13-20)5-4-14-6-8-16(19)9-7-14/h4-9,15H,10-13H2,1-3H3/b5-4-. The fourth-order valence-electron chi connectivity index (χ4n) is 2.42. The monoisotopic (exact) mass is 321 g/mol. The maximum atomic E-state index is 12.0. The van der Waals surface area contributed by atoms with Crippen LogP contribution in [0.4, 0.5) is 4.79 Å². The van der Waals surface area contributed by atoms with Crippen molar-refractivity contribution in [3.63, 3.8) is 0 Å². The lowest BCUT2D eigenvalue weighted by Gasteiger charge is -2.32. The number of rotatable bonds is 2. The topological polar surface area (TPSA) is 29.5 Å². The average molecular weight is 322 g/mol. The number of piperidine rings is 1. The molecule has 1 aromatic rings. The summed E-state index contributed by atoms with van der Waals surface area (Å²) in [6.07, 6.45) is 6.11. The fourth-order valence-corrected chi connectivity index (χ4v) is 2.55. The molecule has 120 valence electrons. The maximum Gasteiger partial charge on any atom is 0.410 e. The molecule has 1 aromatic carbocycles. The predicted octanol–water partition coefficient (Wildman–Crippen LogP) is 5.00. The first-order valence-electron chi connectivity index (χ1n) is 7.75. The number of amides is 1. The molecule has 1 fully saturated rings. The molecule has 0 N–H and O–H groups in total. The number of nitrogens with zero attached hydrogens (tertiary/aromatic N) is 1. The van der Waals surface area contributed by atoms with Crippen LogP contribution >= 0.6 is 11.6 Å². The van der Waals surface area contributed by atoms with E-state index in [9.17, 15) is 4.79 Å². The van der Waals surface area contributed by atoms with Gasteiger partial charge >= 0.3 is 6.09 Å². The van der Waals surface area contributed by atoms with Gasteiger partial charge in [0.2, 0.25) is 0 Å². The van der Waals surface area contributed by atoms with Gasteiger partial charge in [-0.3, -0.25) is 0 Å². The van der Waals surface area contributed by atoms with Crippen LogP contribution in [0.15, 0.2) is 30.3 Å². The van der Waals surface area contributed by atoms with Crippen molar-refractivity contribution in [3.8, 4) is 0 Å². The molecule has 4 heteroatoms. The highest BCUT2D eigenvalue weighted by atomic mass is 35.5. The van der Waals surface area contributed by atoms with Crippen LogP contribution < -0.4 is 0 Å². The van der Waals surface area contributed by atoms with Gasteiger partial charge in [0.25, 0.3) is 0 Å². The first kappa shape index (κ1) is 16.9. The van der Waals surface area contributed by atoms with E-state index in [1.165, 1.54) is 0 Å². The second-order valence-electron chi connectivity index (χ2n) is 6.72. The largest absolute Gasteiger partial charge is 0.444 e. The van der Waals surface area contributed by atoms with Crippen LogP contribution in [0.5, 0.6) is 0 Å². The van der Waals surface area contributed by atoms with Crippen molar-refractivity contribution >= 4 is 23.8 Å². The minimum absolute atomic E-state index is 0.201. The molecule has 1 amide bonds. The second kappa shape index (κ2) is 7.19. The zero-order valence-electron chi connectivity index (χ0n) is 13.5. The summed E-state index contributed by atoms with van der Waals surface area (Å²) >= 11 is 5.88. The first-order chi connectivity index (χ1) is 10.3. The molecule has 1 heterocycles. The molecular formula is C18H24ClNO2. The number of allylic oxidation sites excluding steroid dienone is 1. The van der Waals surface area contributed by atoms with E-state index in [1.807, 2.05) is 45.0 Å². The number of likely N-dealkylation sites (tertiary alicyclic amines) is 1. The van der Waals surface area contributed by atoms with Gasteiger partial charge in [0.15, 0.2) is 0 Å². The molecule has 3 nitrogen and oxygen atoms in total. The van der Waals surface area contributed by atoms with Gasteiger partial charge in [0, 0.05) is 18.1 Å². The van der Waals surface area contributed by atoms with Crippen molar-refractivity contribution in [3.05, 3.63) is 40.9 Å². The zero-order valence-corrected chi connectivity index (χ0v) is 14.3. The number of carbonyl (C=O) groups excluding carboxylic acids is 1. The Balaban J connectivity index is 1.82.